The Balaban J connectivity index is 1.66. The van der Waals surface area contributed by atoms with E-state index >= 15 is 0 Å². The summed E-state index contributed by atoms with van der Waals surface area (Å²) < 4.78 is 6.91. The molecule has 0 aliphatic heterocycles. The fourth-order valence-corrected chi connectivity index (χ4v) is 3.29. The maximum absolute atomic E-state index is 5.86. The largest absolute Gasteiger partial charge is 0.457 e. The fraction of sp³-hybridized carbons (Fsp3) is 0.333. The molecule has 1 aliphatic rings. The van der Waals surface area contributed by atoms with Gasteiger partial charge in [0.15, 0.2) is 0 Å². The van der Waals surface area contributed by atoms with Gasteiger partial charge in [-0.25, -0.2) is 0 Å². The second-order valence-corrected chi connectivity index (χ2v) is 6.64. The quantitative estimate of drug-likeness (QED) is 0.846. The van der Waals surface area contributed by atoms with E-state index in [9.17, 15) is 0 Å². The Hall–Kier alpha value is -1.32. The van der Waals surface area contributed by atoms with Crippen LogP contribution >= 0.6 is 15.9 Å². The average Bonchev–Trinajstić information content (AvgIpc) is 2.50. The molecule has 1 fully saturated rings. The first-order chi connectivity index (χ1) is 10.2. The Morgan fingerprint density at radius 2 is 1.57 bits per heavy atom. The maximum Gasteiger partial charge on any atom is 0.127 e. The lowest BCUT2D eigenvalue weighted by atomic mass is 9.67. The Morgan fingerprint density at radius 1 is 1.00 bits per heavy atom. The number of rotatable bonds is 4. The number of halogens is 1. The van der Waals surface area contributed by atoms with Gasteiger partial charge >= 0.3 is 0 Å². The van der Waals surface area contributed by atoms with Crippen molar-refractivity contribution in [3.05, 3.63) is 58.6 Å². The number of nitrogens with one attached hydrogen (secondary N) is 1. The molecule has 0 amide bonds. The van der Waals surface area contributed by atoms with Crippen LogP contribution in [0.5, 0.6) is 11.5 Å². The van der Waals surface area contributed by atoms with Gasteiger partial charge in [-0.3, -0.25) is 0 Å². The minimum Gasteiger partial charge on any atom is -0.457 e. The minimum atomic E-state index is 0.661. The van der Waals surface area contributed by atoms with Gasteiger partial charge < -0.3 is 10.1 Å². The zero-order valence-corrected chi connectivity index (χ0v) is 13.9. The van der Waals surface area contributed by atoms with Crippen LogP contribution in [0.3, 0.4) is 0 Å². The third-order valence-electron chi connectivity index (χ3n) is 4.51. The van der Waals surface area contributed by atoms with E-state index in [4.69, 9.17) is 4.74 Å². The van der Waals surface area contributed by atoms with Crippen LogP contribution in [0.2, 0.25) is 0 Å². The molecular formula is C18H20BrNO. The van der Waals surface area contributed by atoms with Gasteiger partial charge in [-0.05, 0) is 67.3 Å². The van der Waals surface area contributed by atoms with Gasteiger partial charge in [-0.2, -0.15) is 0 Å². The summed E-state index contributed by atoms with van der Waals surface area (Å²) >= 11 is 3.43. The lowest BCUT2D eigenvalue weighted by Gasteiger charge is -2.43. The van der Waals surface area contributed by atoms with Crippen molar-refractivity contribution in [1.29, 1.82) is 0 Å². The zero-order chi connectivity index (χ0) is 14.8. The molecule has 0 aromatic heterocycles. The highest BCUT2D eigenvalue weighted by Crippen LogP contribution is 2.42. The average molecular weight is 346 g/mol. The summed E-state index contributed by atoms with van der Waals surface area (Å²) in [5.41, 5.74) is 1.41. The van der Waals surface area contributed by atoms with Crippen molar-refractivity contribution in [1.82, 2.24) is 5.32 Å². The second kappa shape index (κ2) is 6.20. The number of hydrogen-bond donors (Lipinski definition) is 1. The van der Waals surface area contributed by atoms with Crippen LogP contribution in [0.1, 0.15) is 24.8 Å². The molecule has 0 saturated heterocycles. The van der Waals surface area contributed by atoms with Crippen LogP contribution < -0.4 is 10.1 Å². The number of ether oxygens (including phenoxy) is 1. The van der Waals surface area contributed by atoms with E-state index in [0.29, 0.717) is 17.9 Å². The Morgan fingerprint density at radius 3 is 2.10 bits per heavy atom. The number of benzene rings is 2. The van der Waals surface area contributed by atoms with Crippen molar-refractivity contribution in [2.75, 3.05) is 7.05 Å². The molecular weight excluding hydrogens is 326 g/mol. The summed E-state index contributed by atoms with van der Waals surface area (Å²) in [5.74, 6) is 3.12. The summed E-state index contributed by atoms with van der Waals surface area (Å²) in [7, 11) is 2.05. The van der Waals surface area contributed by atoms with E-state index in [-0.39, 0.29) is 0 Å². The number of hydrogen-bond acceptors (Lipinski definition) is 2. The van der Waals surface area contributed by atoms with Crippen LogP contribution in [-0.2, 0) is 0 Å². The van der Waals surface area contributed by atoms with E-state index < -0.39 is 0 Å². The van der Waals surface area contributed by atoms with E-state index in [2.05, 4.69) is 52.4 Å². The van der Waals surface area contributed by atoms with Crippen molar-refractivity contribution in [2.24, 2.45) is 5.92 Å². The topological polar surface area (TPSA) is 21.3 Å². The van der Waals surface area contributed by atoms with Crippen LogP contribution in [0.25, 0.3) is 0 Å². The lowest BCUT2D eigenvalue weighted by Crippen LogP contribution is -2.46. The zero-order valence-electron chi connectivity index (χ0n) is 12.3. The Bertz CT molecular complexity index is 594. The Kier molecular flexibility index (Phi) is 4.32. The van der Waals surface area contributed by atoms with Gasteiger partial charge in [0, 0.05) is 10.5 Å². The van der Waals surface area contributed by atoms with Crippen LogP contribution in [0, 0.1) is 5.92 Å². The molecule has 110 valence electrons. The minimum absolute atomic E-state index is 0.661. The van der Waals surface area contributed by atoms with Crippen LogP contribution in [0.15, 0.2) is 53.0 Å². The molecule has 3 rings (SSSR count). The predicted octanol–water partition coefficient (Wildman–Crippen LogP) is 4.95. The summed E-state index contributed by atoms with van der Waals surface area (Å²) in [6.07, 6.45) is 1.23. The van der Waals surface area contributed by atoms with E-state index in [1.807, 2.05) is 31.3 Å². The molecule has 2 aromatic rings. The normalized spacial score (nSPS) is 24.4. The summed E-state index contributed by atoms with van der Waals surface area (Å²) in [5, 5.41) is 3.37. The third-order valence-corrected chi connectivity index (χ3v) is 5.03. The van der Waals surface area contributed by atoms with Gasteiger partial charge in [0.2, 0.25) is 0 Å². The molecule has 0 spiro atoms. The monoisotopic (exact) mass is 345 g/mol. The highest BCUT2D eigenvalue weighted by molar-refractivity contribution is 9.10. The molecule has 3 unspecified atom stereocenters. The highest BCUT2D eigenvalue weighted by Gasteiger charge is 2.37. The molecule has 3 heteroatoms. The van der Waals surface area contributed by atoms with Crippen molar-refractivity contribution in [3.8, 4) is 11.5 Å². The first-order valence-electron chi connectivity index (χ1n) is 7.38. The summed E-state index contributed by atoms with van der Waals surface area (Å²) in [6.45, 7) is 2.32. The van der Waals surface area contributed by atoms with E-state index in [0.717, 1.165) is 16.0 Å². The molecule has 21 heavy (non-hydrogen) atoms. The van der Waals surface area contributed by atoms with E-state index in [1.165, 1.54) is 12.0 Å². The van der Waals surface area contributed by atoms with Crippen molar-refractivity contribution >= 4 is 15.9 Å². The fourth-order valence-electron chi connectivity index (χ4n) is 3.03. The second-order valence-electron chi connectivity index (χ2n) is 5.72. The third kappa shape index (κ3) is 3.14. The first-order valence-corrected chi connectivity index (χ1v) is 8.17. The van der Waals surface area contributed by atoms with Crippen molar-refractivity contribution in [2.45, 2.75) is 25.3 Å². The van der Waals surface area contributed by atoms with Gasteiger partial charge in [0.05, 0.1) is 0 Å². The molecule has 1 aliphatic carbocycles. The van der Waals surface area contributed by atoms with Crippen LogP contribution in [-0.4, -0.2) is 13.1 Å². The summed E-state index contributed by atoms with van der Waals surface area (Å²) in [4.78, 5) is 0. The van der Waals surface area contributed by atoms with Gasteiger partial charge in [-0.15, -0.1) is 0 Å². The first kappa shape index (κ1) is 14.6. The van der Waals surface area contributed by atoms with Crippen molar-refractivity contribution in [3.63, 3.8) is 0 Å². The predicted molar refractivity (Wildman–Crippen MR) is 90.0 cm³/mol. The van der Waals surface area contributed by atoms with Gasteiger partial charge in [0.1, 0.15) is 11.5 Å². The smallest absolute Gasteiger partial charge is 0.127 e. The molecule has 3 atom stereocenters. The molecule has 0 bridgehead atoms. The highest BCUT2D eigenvalue weighted by atomic mass is 79.9. The molecule has 1 N–H and O–H groups in total. The standard InChI is InChI=1S/C18H20BrNO/c1-12-17(11-18(12)20-2)13-3-7-15(8-4-13)21-16-9-5-14(19)6-10-16/h3-10,12,17-18,20H,11H2,1-2H3. The van der Waals surface area contributed by atoms with Crippen molar-refractivity contribution < 1.29 is 4.74 Å². The molecule has 2 aromatic carbocycles. The van der Waals surface area contributed by atoms with E-state index in [1.54, 1.807) is 0 Å². The lowest BCUT2D eigenvalue weighted by molar-refractivity contribution is 0.194. The summed E-state index contributed by atoms with van der Waals surface area (Å²) in [6, 6.07) is 17.1. The SMILES string of the molecule is CNC1CC(c2ccc(Oc3ccc(Br)cc3)cc2)C1C. The molecule has 2 nitrogen and oxygen atoms in total. The van der Waals surface area contributed by atoms with Gasteiger partial charge in [-0.1, -0.05) is 35.0 Å². The van der Waals surface area contributed by atoms with Crippen LogP contribution in [0.4, 0.5) is 0 Å². The molecule has 0 heterocycles. The molecule has 1 saturated carbocycles. The molecule has 0 radical (unpaired) electrons. The maximum atomic E-state index is 5.86. The Labute approximate surface area is 134 Å². The van der Waals surface area contributed by atoms with Gasteiger partial charge in [0.25, 0.3) is 0 Å².